The van der Waals surface area contributed by atoms with Crippen molar-refractivity contribution in [2.45, 2.75) is 18.6 Å². The van der Waals surface area contributed by atoms with Crippen LogP contribution < -0.4 is 9.80 Å². The molecular formula is C21H19F3N4O4. The number of nitrogens with zero attached hydrogens (tertiary/aromatic N) is 4. The van der Waals surface area contributed by atoms with E-state index in [0.717, 1.165) is 17.0 Å². The number of nitro benzene ring substituents is 1. The molecule has 0 N–H and O–H groups in total. The molecule has 2 aliphatic rings. The summed E-state index contributed by atoms with van der Waals surface area (Å²) in [6.45, 7) is 1.22. The fourth-order valence-corrected chi connectivity index (χ4v) is 4.14. The third-order valence-corrected chi connectivity index (χ3v) is 5.73. The van der Waals surface area contributed by atoms with Gasteiger partial charge >= 0.3 is 6.18 Å². The third kappa shape index (κ3) is 4.03. The number of alkyl halides is 3. The molecule has 0 radical (unpaired) electrons. The second-order valence-electron chi connectivity index (χ2n) is 7.60. The van der Waals surface area contributed by atoms with E-state index >= 15 is 0 Å². The summed E-state index contributed by atoms with van der Waals surface area (Å²) in [6, 6.07) is 10.5. The minimum Gasteiger partial charge on any atom is -0.363 e. The van der Waals surface area contributed by atoms with Crippen LogP contribution >= 0.6 is 0 Å². The number of benzene rings is 2. The minimum absolute atomic E-state index is 0.0359. The molecule has 2 heterocycles. The highest BCUT2D eigenvalue weighted by molar-refractivity contribution is 6.22. The van der Waals surface area contributed by atoms with Gasteiger partial charge in [-0.3, -0.25) is 24.6 Å². The molecule has 4 rings (SSSR count). The monoisotopic (exact) mass is 448 g/mol. The molecule has 0 aliphatic carbocycles. The van der Waals surface area contributed by atoms with Crippen LogP contribution in [-0.4, -0.2) is 53.9 Å². The summed E-state index contributed by atoms with van der Waals surface area (Å²) in [5.41, 5.74) is -1.09. The molecule has 2 amide bonds. The second-order valence-corrected chi connectivity index (χ2v) is 7.60. The molecular weight excluding hydrogens is 429 g/mol. The Balaban J connectivity index is 1.48. The summed E-state index contributed by atoms with van der Waals surface area (Å²) in [6.07, 6.45) is -4.64. The molecule has 168 valence electrons. The zero-order chi connectivity index (χ0) is 23.0. The first-order valence-corrected chi connectivity index (χ1v) is 9.93. The van der Waals surface area contributed by atoms with E-state index in [9.17, 15) is 32.9 Å². The Hall–Kier alpha value is -3.47. The van der Waals surface area contributed by atoms with Gasteiger partial charge in [0.2, 0.25) is 5.91 Å². The number of amides is 2. The molecule has 2 aromatic carbocycles. The van der Waals surface area contributed by atoms with Crippen LogP contribution in [0, 0.1) is 10.1 Å². The largest absolute Gasteiger partial charge is 0.416 e. The Labute approximate surface area is 181 Å². The number of anilines is 2. The maximum absolute atomic E-state index is 12.9. The van der Waals surface area contributed by atoms with Crippen molar-refractivity contribution in [3.63, 3.8) is 0 Å². The van der Waals surface area contributed by atoms with Crippen molar-refractivity contribution in [3.05, 3.63) is 64.2 Å². The molecule has 2 saturated heterocycles. The van der Waals surface area contributed by atoms with Crippen LogP contribution in [0.4, 0.5) is 30.2 Å². The molecule has 2 fully saturated rings. The van der Waals surface area contributed by atoms with Crippen molar-refractivity contribution in [2.24, 2.45) is 0 Å². The standard InChI is InChI=1S/C21H19F3N4O4/c22-21(23,24)14-6-7-16(17(12-14)28(31)32)25-8-10-26(11-9-25)18-13-19(29)27(20(18)30)15-4-2-1-3-5-15/h1-7,12,18H,8-11,13H2/t18-/m1/s1. The first-order valence-electron chi connectivity index (χ1n) is 9.93. The number of para-hydroxylation sites is 1. The van der Waals surface area contributed by atoms with Crippen LogP contribution in [0.1, 0.15) is 12.0 Å². The highest BCUT2D eigenvalue weighted by Gasteiger charge is 2.43. The molecule has 0 spiro atoms. The topological polar surface area (TPSA) is 87.0 Å². The molecule has 2 aromatic rings. The number of nitro groups is 1. The average Bonchev–Trinajstić information content (AvgIpc) is 3.07. The number of hydrogen-bond donors (Lipinski definition) is 0. The van der Waals surface area contributed by atoms with E-state index in [0.29, 0.717) is 24.8 Å². The van der Waals surface area contributed by atoms with Gasteiger partial charge in [-0.15, -0.1) is 0 Å². The second kappa shape index (κ2) is 8.23. The van der Waals surface area contributed by atoms with Gasteiger partial charge in [-0.1, -0.05) is 18.2 Å². The molecule has 0 aromatic heterocycles. The average molecular weight is 448 g/mol. The predicted octanol–water partition coefficient (Wildman–Crippen LogP) is 3.07. The summed E-state index contributed by atoms with van der Waals surface area (Å²) < 4.78 is 38.8. The van der Waals surface area contributed by atoms with Gasteiger partial charge in [0.1, 0.15) is 5.69 Å². The van der Waals surface area contributed by atoms with Gasteiger partial charge in [-0.05, 0) is 24.3 Å². The Morgan fingerprint density at radius 1 is 0.969 bits per heavy atom. The highest BCUT2D eigenvalue weighted by atomic mass is 19.4. The van der Waals surface area contributed by atoms with E-state index in [4.69, 9.17) is 0 Å². The summed E-state index contributed by atoms with van der Waals surface area (Å²) in [5, 5.41) is 11.4. The van der Waals surface area contributed by atoms with Gasteiger partial charge in [0.05, 0.1) is 28.6 Å². The van der Waals surface area contributed by atoms with Gasteiger partial charge in [-0.25, -0.2) is 4.90 Å². The van der Waals surface area contributed by atoms with Crippen LogP contribution in [-0.2, 0) is 15.8 Å². The van der Waals surface area contributed by atoms with Crippen molar-refractivity contribution in [3.8, 4) is 0 Å². The van der Waals surface area contributed by atoms with E-state index in [1.807, 2.05) is 4.90 Å². The van der Waals surface area contributed by atoms with E-state index in [1.165, 1.54) is 0 Å². The van der Waals surface area contributed by atoms with Crippen molar-refractivity contribution in [1.29, 1.82) is 0 Å². The summed E-state index contributed by atoms with van der Waals surface area (Å²) >= 11 is 0. The van der Waals surface area contributed by atoms with E-state index in [2.05, 4.69) is 0 Å². The van der Waals surface area contributed by atoms with E-state index < -0.39 is 28.4 Å². The summed E-state index contributed by atoms with van der Waals surface area (Å²) in [4.78, 5) is 40.5. The van der Waals surface area contributed by atoms with Gasteiger partial charge in [-0.2, -0.15) is 13.2 Å². The van der Waals surface area contributed by atoms with Crippen LogP contribution in [0.3, 0.4) is 0 Å². The van der Waals surface area contributed by atoms with Crippen molar-refractivity contribution in [2.75, 3.05) is 36.0 Å². The molecule has 1 atom stereocenters. The van der Waals surface area contributed by atoms with Gasteiger partial charge in [0, 0.05) is 32.2 Å². The number of carbonyl (C=O) groups is 2. The fraction of sp³-hybridized carbons (Fsp3) is 0.333. The lowest BCUT2D eigenvalue weighted by Crippen LogP contribution is -2.52. The lowest BCUT2D eigenvalue weighted by atomic mass is 10.1. The van der Waals surface area contributed by atoms with Crippen LogP contribution in [0.2, 0.25) is 0 Å². The Morgan fingerprint density at radius 3 is 2.22 bits per heavy atom. The number of piperazine rings is 1. The third-order valence-electron chi connectivity index (χ3n) is 5.73. The quantitative estimate of drug-likeness (QED) is 0.406. The fourth-order valence-electron chi connectivity index (χ4n) is 4.14. The lowest BCUT2D eigenvalue weighted by Gasteiger charge is -2.37. The maximum atomic E-state index is 12.9. The van der Waals surface area contributed by atoms with Gasteiger partial charge in [0.25, 0.3) is 11.6 Å². The SMILES string of the molecule is O=C1C[C@@H](N2CCN(c3ccc(C(F)(F)F)cc3[N+](=O)[O-])CC2)C(=O)N1c1ccccc1. The van der Waals surface area contributed by atoms with Crippen molar-refractivity contribution in [1.82, 2.24) is 4.90 Å². The molecule has 0 unspecified atom stereocenters. The normalized spacial score (nSPS) is 20.2. The highest BCUT2D eigenvalue weighted by Crippen LogP contribution is 2.37. The van der Waals surface area contributed by atoms with Gasteiger partial charge in [0.15, 0.2) is 0 Å². The van der Waals surface area contributed by atoms with Gasteiger partial charge < -0.3 is 4.90 Å². The molecule has 32 heavy (non-hydrogen) atoms. The van der Waals surface area contributed by atoms with Crippen molar-refractivity contribution < 1.29 is 27.7 Å². The number of halogens is 3. The molecule has 8 nitrogen and oxygen atoms in total. The first kappa shape index (κ1) is 21.8. The maximum Gasteiger partial charge on any atom is 0.416 e. The van der Waals surface area contributed by atoms with E-state index in [-0.39, 0.29) is 37.0 Å². The molecule has 11 heteroatoms. The zero-order valence-electron chi connectivity index (χ0n) is 16.8. The number of imide groups is 1. The number of hydrogen-bond acceptors (Lipinski definition) is 6. The molecule has 0 saturated carbocycles. The van der Waals surface area contributed by atoms with Crippen LogP contribution in [0.5, 0.6) is 0 Å². The van der Waals surface area contributed by atoms with Crippen LogP contribution in [0.25, 0.3) is 0 Å². The smallest absolute Gasteiger partial charge is 0.363 e. The Bertz CT molecular complexity index is 1050. The predicted molar refractivity (Wildman–Crippen MR) is 109 cm³/mol. The number of rotatable bonds is 4. The minimum atomic E-state index is -4.68. The zero-order valence-corrected chi connectivity index (χ0v) is 16.8. The molecule has 2 aliphatic heterocycles. The van der Waals surface area contributed by atoms with Crippen LogP contribution in [0.15, 0.2) is 48.5 Å². The Kier molecular flexibility index (Phi) is 5.59. The number of carbonyl (C=O) groups excluding carboxylic acids is 2. The van der Waals surface area contributed by atoms with E-state index in [1.54, 1.807) is 35.2 Å². The lowest BCUT2D eigenvalue weighted by molar-refractivity contribution is -0.384. The first-order chi connectivity index (χ1) is 15.2. The summed E-state index contributed by atoms with van der Waals surface area (Å²) in [5.74, 6) is -0.623. The molecule has 0 bridgehead atoms. The summed E-state index contributed by atoms with van der Waals surface area (Å²) in [7, 11) is 0. The van der Waals surface area contributed by atoms with Crippen molar-refractivity contribution >= 4 is 28.9 Å². The Morgan fingerprint density at radius 2 is 1.62 bits per heavy atom.